The highest BCUT2D eigenvalue weighted by Gasteiger charge is 2.32. The van der Waals surface area contributed by atoms with E-state index in [9.17, 15) is 14.7 Å². The Bertz CT molecular complexity index is 530. The molecular weight excluding hydrogens is 303 g/mol. The van der Waals surface area contributed by atoms with Gasteiger partial charge in [0.1, 0.15) is 6.04 Å². The molecule has 0 saturated heterocycles. The summed E-state index contributed by atoms with van der Waals surface area (Å²) in [4.78, 5) is 23.3. The highest BCUT2D eigenvalue weighted by molar-refractivity contribution is 6.39. The van der Waals surface area contributed by atoms with Crippen LogP contribution in [-0.2, 0) is 4.79 Å². The number of nitrogens with one attached hydrogen (secondary N) is 1. The minimum absolute atomic E-state index is 0.144. The van der Waals surface area contributed by atoms with Crippen LogP contribution >= 0.6 is 23.2 Å². The molecule has 0 unspecified atom stereocenters. The summed E-state index contributed by atoms with van der Waals surface area (Å²) >= 11 is 11.7. The van der Waals surface area contributed by atoms with Crippen LogP contribution in [0, 0.1) is 5.41 Å². The molecule has 110 valence electrons. The standard InChI is InChI=1S/C13H16Cl2N2O3/c1-13(2,3)10(12(19)20)17-11(18)6-4-7(14)9(16)8(15)5-6/h4-5,10H,16H2,1-3H3,(H,17,18)(H,19,20)/t10-/m0/s1. The Morgan fingerprint density at radius 3 is 2.05 bits per heavy atom. The number of carbonyl (C=O) groups is 2. The van der Waals surface area contributed by atoms with Gasteiger partial charge in [0.05, 0.1) is 15.7 Å². The summed E-state index contributed by atoms with van der Waals surface area (Å²) in [5, 5.41) is 11.9. The highest BCUT2D eigenvalue weighted by Crippen LogP contribution is 2.29. The monoisotopic (exact) mass is 318 g/mol. The molecule has 0 bridgehead atoms. The number of aliphatic carboxylic acids is 1. The van der Waals surface area contributed by atoms with Gasteiger partial charge >= 0.3 is 5.97 Å². The van der Waals surface area contributed by atoms with E-state index in [2.05, 4.69) is 5.32 Å². The third kappa shape index (κ3) is 3.77. The predicted molar refractivity (Wildman–Crippen MR) is 79.2 cm³/mol. The molecule has 0 saturated carbocycles. The predicted octanol–water partition coefficient (Wildman–Crippen LogP) is 2.80. The van der Waals surface area contributed by atoms with E-state index < -0.39 is 23.3 Å². The Morgan fingerprint density at radius 2 is 1.70 bits per heavy atom. The number of hydrogen-bond acceptors (Lipinski definition) is 3. The van der Waals surface area contributed by atoms with Crippen LogP contribution in [0.4, 0.5) is 5.69 Å². The molecule has 1 aromatic carbocycles. The number of halogens is 2. The van der Waals surface area contributed by atoms with E-state index in [4.69, 9.17) is 28.9 Å². The SMILES string of the molecule is CC(C)(C)[C@@H](NC(=O)c1cc(Cl)c(N)c(Cl)c1)C(=O)O. The molecular formula is C13H16Cl2N2O3. The van der Waals surface area contributed by atoms with Crippen LogP contribution in [0.25, 0.3) is 0 Å². The van der Waals surface area contributed by atoms with Crippen LogP contribution in [-0.4, -0.2) is 23.0 Å². The minimum Gasteiger partial charge on any atom is -0.480 e. The Balaban J connectivity index is 3.04. The third-order valence-electron chi connectivity index (χ3n) is 2.73. The van der Waals surface area contributed by atoms with E-state index in [0.29, 0.717) is 0 Å². The molecule has 0 aromatic heterocycles. The van der Waals surface area contributed by atoms with Gasteiger partial charge in [-0.15, -0.1) is 0 Å². The molecule has 1 aromatic rings. The second-order valence-corrected chi connectivity index (χ2v) is 6.28. The van der Waals surface area contributed by atoms with Gasteiger partial charge in [-0.1, -0.05) is 44.0 Å². The molecule has 1 amide bonds. The van der Waals surface area contributed by atoms with Crippen LogP contribution in [0.5, 0.6) is 0 Å². The van der Waals surface area contributed by atoms with Crippen molar-refractivity contribution in [2.45, 2.75) is 26.8 Å². The van der Waals surface area contributed by atoms with Gasteiger partial charge in [0.2, 0.25) is 0 Å². The number of amides is 1. The van der Waals surface area contributed by atoms with Gasteiger partial charge in [0.25, 0.3) is 5.91 Å². The fourth-order valence-corrected chi connectivity index (χ4v) is 2.07. The summed E-state index contributed by atoms with van der Waals surface area (Å²) in [6.07, 6.45) is 0. The number of benzene rings is 1. The molecule has 0 radical (unpaired) electrons. The largest absolute Gasteiger partial charge is 0.480 e. The summed E-state index contributed by atoms with van der Waals surface area (Å²) in [5.41, 5.74) is 5.28. The minimum atomic E-state index is -1.11. The Morgan fingerprint density at radius 1 is 1.25 bits per heavy atom. The van der Waals surface area contributed by atoms with Crippen molar-refractivity contribution in [2.24, 2.45) is 5.41 Å². The first-order valence-electron chi connectivity index (χ1n) is 5.82. The second kappa shape index (κ2) is 5.89. The number of anilines is 1. The number of carboxylic acids is 1. The van der Waals surface area contributed by atoms with Gasteiger partial charge in [-0.2, -0.15) is 0 Å². The number of rotatable bonds is 3. The van der Waals surface area contributed by atoms with Crippen LogP contribution in [0.2, 0.25) is 10.0 Å². The molecule has 0 aliphatic heterocycles. The molecule has 0 heterocycles. The van der Waals surface area contributed by atoms with Gasteiger partial charge in [0, 0.05) is 5.56 Å². The number of nitrogens with two attached hydrogens (primary N) is 1. The number of carbonyl (C=O) groups excluding carboxylic acids is 1. The van der Waals surface area contributed by atoms with Gasteiger partial charge in [-0.05, 0) is 17.5 Å². The Labute approximate surface area is 127 Å². The molecule has 0 aliphatic rings. The van der Waals surface area contributed by atoms with Crippen LogP contribution in [0.15, 0.2) is 12.1 Å². The molecule has 1 rings (SSSR count). The average molecular weight is 319 g/mol. The van der Waals surface area contributed by atoms with E-state index >= 15 is 0 Å². The highest BCUT2D eigenvalue weighted by atomic mass is 35.5. The van der Waals surface area contributed by atoms with Crippen molar-refractivity contribution in [3.8, 4) is 0 Å². The zero-order valence-corrected chi connectivity index (χ0v) is 12.8. The summed E-state index contributed by atoms with van der Waals surface area (Å²) < 4.78 is 0. The first-order valence-corrected chi connectivity index (χ1v) is 6.58. The summed E-state index contributed by atoms with van der Waals surface area (Å²) in [6.45, 7) is 5.15. The number of hydrogen-bond donors (Lipinski definition) is 3. The first kappa shape index (κ1) is 16.6. The summed E-state index contributed by atoms with van der Waals surface area (Å²) in [5.74, 6) is -1.69. The van der Waals surface area contributed by atoms with Crippen LogP contribution in [0.3, 0.4) is 0 Å². The molecule has 0 aliphatic carbocycles. The molecule has 0 fully saturated rings. The smallest absolute Gasteiger partial charge is 0.326 e. The van der Waals surface area contributed by atoms with Gasteiger partial charge in [-0.3, -0.25) is 4.79 Å². The van der Waals surface area contributed by atoms with Gasteiger partial charge in [-0.25, -0.2) is 4.79 Å². The lowest BCUT2D eigenvalue weighted by atomic mass is 9.86. The maximum absolute atomic E-state index is 12.1. The van der Waals surface area contributed by atoms with Crippen LogP contribution < -0.4 is 11.1 Å². The normalized spacial score (nSPS) is 12.8. The Kier molecular flexibility index (Phi) is 4.89. The number of carboxylic acid groups (broad SMARTS) is 1. The molecule has 4 N–H and O–H groups in total. The van der Waals surface area contributed by atoms with Crippen molar-refractivity contribution < 1.29 is 14.7 Å². The van der Waals surface area contributed by atoms with Gasteiger partial charge in [0.15, 0.2) is 0 Å². The van der Waals surface area contributed by atoms with E-state index in [1.807, 2.05) is 0 Å². The zero-order valence-electron chi connectivity index (χ0n) is 11.3. The van der Waals surface area contributed by atoms with Crippen molar-refractivity contribution >= 4 is 40.8 Å². The van der Waals surface area contributed by atoms with Crippen molar-refractivity contribution in [2.75, 3.05) is 5.73 Å². The van der Waals surface area contributed by atoms with Crippen molar-refractivity contribution in [3.63, 3.8) is 0 Å². The lowest BCUT2D eigenvalue weighted by Crippen LogP contribution is -2.49. The van der Waals surface area contributed by atoms with E-state index in [-0.39, 0.29) is 21.3 Å². The average Bonchev–Trinajstić information content (AvgIpc) is 2.30. The number of nitrogen functional groups attached to an aromatic ring is 1. The van der Waals surface area contributed by atoms with Crippen LogP contribution in [0.1, 0.15) is 31.1 Å². The Hall–Kier alpha value is -1.46. The second-order valence-electron chi connectivity index (χ2n) is 5.46. The van der Waals surface area contributed by atoms with Crippen molar-refractivity contribution in [1.82, 2.24) is 5.32 Å². The van der Waals surface area contributed by atoms with E-state index in [1.165, 1.54) is 12.1 Å². The topological polar surface area (TPSA) is 92.4 Å². The fourth-order valence-electron chi connectivity index (χ4n) is 1.58. The van der Waals surface area contributed by atoms with E-state index in [0.717, 1.165) is 0 Å². The fraction of sp³-hybridized carbons (Fsp3) is 0.385. The summed E-state index contributed by atoms with van der Waals surface area (Å²) in [6, 6.07) is 1.66. The lowest BCUT2D eigenvalue weighted by molar-refractivity contribution is -0.142. The van der Waals surface area contributed by atoms with Crippen molar-refractivity contribution in [1.29, 1.82) is 0 Å². The first-order chi connectivity index (χ1) is 9.04. The zero-order chi connectivity index (χ0) is 15.7. The maximum Gasteiger partial charge on any atom is 0.326 e. The lowest BCUT2D eigenvalue weighted by Gasteiger charge is -2.27. The third-order valence-corrected chi connectivity index (χ3v) is 3.36. The van der Waals surface area contributed by atoms with Crippen molar-refractivity contribution in [3.05, 3.63) is 27.7 Å². The quantitative estimate of drug-likeness (QED) is 0.747. The summed E-state index contributed by atoms with van der Waals surface area (Å²) in [7, 11) is 0. The van der Waals surface area contributed by atoms with E-state index in [1.54, 1.807) is 20.8 Å². The molecule has 0 spiro atoms. The molecule has 7 heteroatoms. The maximum atomic E-state index is 12.1. The molecule has 5 nitrogen and oxygen atoms in total. The molecule has 20 heavy (non-hydrogen) atoms. The van der Waals surface area contributed by atoms with Gasteiger partial charge < -0.3 is 16.2 Å². The molecule has 1 atom stereocenters.